The Labute approximate surface area is 287 Å². The van der Waals surface area contributed by atoms with E-state index in [0.717, 1.165) is 19.3 Å². The van der Waals surface area contributed by atoms with Gasteiger partial charge < -0.3 is 30.1 Å². The summed E-state index contributed by atoms with van der Waals surface area (Å²) >= 11 is 3.50. The van der Waals surface area contributed by atoms with Crippen molar-refractivity contribution < 1.29 is 33.8 Å². The number of halogens is 1. The Kier molecular flexibility index (Phi) is 10.6. The summed E-state index contributed by atoms with van der Waals surface area (Å²) in [6.07, 6.45) is 8.46. The van der Waals surface area contributed by atoms with Crippen molar-refractivity contribution in [2.75, 3.05) is 13.2 Å². The molecule has 3 aliphatic rings. The number of fused-ring (bicyclic) bond motifs is 2. The first kappa shape index (κ1) is 35.0. The summed E-state index contributed by atoms with van der Waals surface area (Å²) in [6.45, 7) is 9.24. The third-order valence-electron chi connectivity index (χ3n) is 8.63. The summed E-state index contributed by atoms with van der Waals surface area (Å²) in [4.78, 5) is 56.1. The van der Waals surface area contributed by atoms with Crippen molar-refractivity contribution in [2.24, 2.45) is 5.92 Å². The van der Waals surface area contributed by atoms with Gasteiger partial charge in [-0.1, -0.05) is 37.6 Å². The number of hydrogen-bond donors (Lipinski definition) is 3. The lowest BCUT2D eigenvalue weighted by atomic mass is 10.0. The molecule has 0 bridgehead atoms. The van der Waals surface area contributed by atoms with Crippen molar-refractivity contribution in [3.8, 4) is 17.1 Å². The van der Waals surface area contributed by atoms with Gasteiger partial charge in [-0.2, -0.15) is 4.80 Å². The Bertz CT molecular complexity index is 1590. The molecule has 15 heteroatoms. The number of ether oxygens (including phenoxy) is 2. The molecule has 1 aromatic carbocycles. The van der Waals surface area contributed by atoms with Gasteiger partial charge in [0.25, 0.3) is 0 Å². The number of amides is 3. The molecule has 4 unspecified atom stereocenters. The predicted octanol–water partition coefficient (Wildman–Crippen LogP) is 4.18. The molecular weight excluding hydrogens is 686 g/mol. The first-order chi connectivity index (χ1) is 22.8. The van der Waals surface area contributed by atoms with Gasteiger partial charge in [0, 0.05) is 24.4 Å². The van der Waals surface area contributed by atoms with Gasteiger partial charge in [-0.15, -0.1) is 10.2 Å². The van der Waals surface area contributed by atoms with Crippen LogP contribution in [0.2, 0.25) is 0 Å². The number of rotatable bonds is 7. The number of alkyl carbamates (subject to hydrolysis) is 1. The van der Waals surface area contributed by atoms with Gasteiger partial charge >= 0.3 is 12.1 Å². The number of aliphatic carboxylic acids is 1. The Morgan fingerprint density at radius 3 is 2.75 bits per heavy atom. The van der Waals surface area contributed by atoms with E-state index in [1.54, 1.807) is 45.0 Å². The second kappa shape index (κ2) is 14.5. The number of tetrazole rings is 1. The summed E-state index contributed by atoms with van der Waals surface area (Å²) in [7, 11) is 0. The minimum atomic E-state index is -1.44. The number of carboxylic acids is 1. The second-order valence-corrected chi connectivity index (χ2v) is 14.3. The van der Waals surface area contributed by atoms with Gasteiger partial charge in [0.05, 0.1) is 10.5 Å². The standard InChI is InChI=1S/C33H42BrN7O7/c1-5-15-47-26-14-13-20(16-23(26)34)27-37-39-41(38-27)22-17-25-28(42)36-33(30(44)45)18-21(33)11-9-7-6-8-10-12-24(29(43)40(25)19-22)35-31(46)48-32(2,3)4/h5,9,11,13-14,16,21-22,24-25H,1,6-8,10,12,15,17-19H2,2-4H3,(H,35,46)(H,36,42)(H,44,45)/b11-9-/t21?,22-,24?,25?,33?/m1/s1. The molecule has 3 amide bonds. The van der Waals surface area contributed by atoms with Crippen LogP contribution in [0.1, 0.15) is 71.8 Å². The second-order valence-electron chi connectivity index (χ2n) is 13.4. The van der Waals surface area contributed by atoms with Crippen LogP contribution in [0.5, 0.6) is 5.75 Å². The lowest BCUT2D eigenvalue weighted by Crippen LogP contribution is -2.56. The Morgan fingerprint density at radius 2 is 2.04 bits per heavy atom. The SMILES string of the molecule is C=CCOc1ccc(-c2nnn([C@@H]3CC4C(=O)NC5(C(=O)O)CC5/C=C\CCCCCC(NC(=O)OC(C)(C)C)C(=O)N4C3)n2)cc1Br. The number of benzene rings is 1. The van der Waals surface area contributed by atoms with Crippen LogP contribution >= 0.6 is 15.9 Å². The maximum atomic E-state index is 14.2. The Hall–Kier alpha value is -4.27. The molecule has 48 heavy (non-hydrogen) atoms. The average Bonchev–Trinajstić information content (AvgIpc) is 3.32. The lowest BCUT2D eigenvalue weighted by Gasteiger charge is -2.30. The average molecular weight is 729 g/mol. The molecule has 2 aromatic rings. The minimum absolute atomic E-state index is 0.0423. The fraction of sp³-hybridized carbons (Fsp3) is 0.545. The first-order valence-electron chi connectivity index (χ1n) is 16.2. The number of carbonyl (C=O) groups excluding carboxylic acids is 3. The molecule has 0 radical (unpaired) electrons. The van der Waals surface area contributed by atoms with Gasteiger partial charge in [-0.25, -0.2) is 9.59 Å². The number of aromatic nitrogens is 4. The molecule has 1 aliphatic carbocycles. The van der Waals surface area contributed by atoms with E-state index in [1.165, 1.54) is 9.70 Å². The number of allylic oxidation sites excluding steroid dienone is 1. The van der Waals surface area contributed by atoms with E-state index < -0.39 is 53.1 Å². The highest BCUT2D eigenvalue weighted by Gasteiger charge is 2.61. The molecule has 3 N–H and O–H groups in total. The molecule has 2 aliphatic heterocycles. The zero-order valence-corrected chi connectivity index (χ0v) is 28.9. The third kappa shape index (κ3) is 8.05. The van der Waals surface area contributed by atoms with E-state index in [2.05, 4.69) is 48.6 Å². The lowest BCUT2D eigenvalue weighted by molar-refractivity contribution is -0.145. The molecule has 1 saturated carbocycles. The van der Waals surface area contributed by atoms with E-state index in [0.29, 0.717) is 41.1 Å². The number of hydrogen-bond acceptors (Lipinski definition) is 9. The monoisotopic (exact) mass is 727 g/mol. The van der Waals surface area contributed by atoms with Crippen LogP contribution in [0.25, 0.3) is 11.4 Å². The van der Waals surface area contributed by atoms with Crippen LogP contribution in [-0.2, 0) is 19.1 Å². The fourth-order valence-electron chi connectivity index (χ4n) is 6.10. The van der Waals surface area contributed by atoms with E-state index in [1.807, 2.05) is 12.2 Å². The smallest absolute Gasteiger partial charge is 0.408 e. The van der Waals surface area contributed by atoms with Crippen molar-refractivity contribution in [3.63, 3.8) is 0 Å². The zero-order chi connectivity index (χ0) is 34.6. The molecule has 258 valence electrons. The molecule has 5 atom stereocenters. The molecule has 1 aromatic heterocycles. The van der Waals surface area contributed by atoms with Gasteiger partial charge in [0.1, 0.15) is 35.6 Å². The number of carboxylic acid groups (broad SMARTS) is 1. The molecule has 2 fully saturated rings. The fourth-order valence-corrected chi connectivity index (χ4v) is 6.59. The minimum Gasteiger partial charge on any atom is -0.488 e. The third-order valence-corrected chi connectivity index (χ3v) is 9.25. The Morgan fingerprint density at radius 1 is 1.25 bits per heavy atom. The molecule has 0 spiro atoms. The molecule has 3 heterocycles. The van der Waals surface area contributed by atoms with E-state index in [4.69, 9.17) is 9.47 Å². The summed E-state index contributed by atoms with van der Waals surface area (Å²) in [5.74, 6) is -1.58. The van der Waals surface area contributed by atoms with Gasteiger partial charge in [0.2, 0.25) is 17.6 Å². The zero-order valence-electron chi connectivity index (χ0n) is 27.4. The van der Waals surface area contributed by atoms with E-state index >= 15 is 0 Å². The van der Waals surface area contributed by atoms with Crippen LogP contribution in [-0.4, -0.2) is 90.5 Å². The highest BCUT2D eigenvalue weighted by atomic mass is 79.9. The van der Waals surface area contributed by atoms with Crippen molar-refractivity contribution in [1.82, 2.24) is 35.7 Å². The van der Waals surface area contributed by atoms with Crippen LogP contribution in [0.3, 0.4) is 0 Å². The van der Waals surface area contributed by atoms with E-state index in [9.17, 15) is 24.3 Å². The summed E-state index contributed by atoms with van der Waals surface area (Å²) < 4.78 is 11.8. The number of carbonyl (C=O) groups is 4. The van der Waals surface area contributed by atoms with Gasteiger partial charge in [-0.05, 0) is 85.8 Å². The van der Waals surface area contributed by atoms with E-state index in [-0.39, 0.29) is 25.3 Å². The van der Waals surface area contributed by atoms with Gasteiger partial charge in [-0.3, -0.25) is 9.59 Å². The number of nitrogens with zero attached hydrogens (tertiary/aromatic N) is 5. The number of nitrogens with one attached hydrogen (secondary N) is 2. The van der Waals surface area contributed by atoms with Crippen LogP contribution in [0, 0.1) is 5.92 Å². The van der Waals surface area contributed by atoms with Crippen molar-refractivity contribution in [2.45, 2.75) is 95.0 Å². The van der Waals surface area contributed by atoms with Crippen LogP contribution in [0.15, 0.2) is 47.5 Å². The van der Waals surface area contributed by atoms with Crippen LogP contribution < -0.4 is 15.4 Å². The Balaban J connectivity index is 1.43. The summed E-state index contributed by atoms with van der Waals surface area (Å²) in [6, 6.07) is 2.81. The summed E-state index contributed by atoms with van der Waals surface area (Å²) in [5.41, 5.74) is -1.56. The quantitative estimate of drug-likeness (QED) is 0.351. The molecular formula is C33H42BrN7O7. The van der Waals surface area contributed by atoms with Crippen LogP contribution in [0.4, 0.5) is 4.79 Å². The van der Waals surface area contributed by atoms with Gasteiger partial charge in [0.15, 0.2) is 0 Å². The first-order valence-corrected chi connectivity index (χ1v) is 17.0. The van der Waals surface area contributed by atoms with Crippen molar-refractivity contribution >= 4 is 39.8 Å². The van der Waals surface area contributed by atoms with Crippen molar-refractivity contribution in [1.29, 1.82) is 0 Å². The molecule has 5 rings (SSSR count). The molecule has 1 saturated heterocycles. The van der Waals surface area contributed by atoms with Crippen molar-refractivity contribution in [3.05, 3.63) is 47.5 Å². The maximum Gasteiger partial charge on any atom is 0.408 e. The topological polar surface area (TPSA) is 178 Å². The summed E-state index contributed by atoms with van der Waals surface area (Å²) in [5, 5.41) is 28.7. The molecule has 14 nitrogen and oxygen atoms in total. The predicted molar refractivity (Wildman–Crippen MR) is 178 cm³/mol. The normalized spacial score (nSPS) is 27.0. The highest BCUT2D eigenvalue weighted by molar-refractivity contribution is 9.10. The highest BCUT2D eigenvalue weighted by Crippen LogP contribution is 2.45. The largest absolute Gasteiger partial charge is 0.488 e. The maximum absolute atomic E-state index is 14.2.